The Labute approximate surface area is 114 Å². The lowest BCUT2D eigenvalue weighted by atomic mass is 9.84. The number of carbonyl (C=O) groups is 1. The minimum absolute atomic E-state index is 0.206. The van der Waals surface area contributed by atoms with Gasteiger partial charge in [0, 0.05) is 12.0 Å². The van der Waals surface area contributed by atoms with Gasteiger partial charge in [-0.15, -0.1) is 0 Å². The second-order valence-corrected chi connectivity index (χ2v) is 6.95. The van der Waals surface area contributed by atoms with Crippen LogP contribution in [-0.4, -0.2) is 33.7 Å². The van der Waals surface area contributed by atoms with Gasteiger partial charge in [-0.2, -0.15) is 0 Å². The van der Waals surface area contributed by atoms with Crippen LogP contribution in [0.15, 0.2) is 30.3 Å². The summed E-state index contributed by atoms with van der Waals surface area (Å²) >= 11 is 0. The Morgan fingerprint density at radius 1 is 1.21 bits per heavy atom. The first kappa shape index (κ1) is 15.7. The third-order valence-electron chi connectivity index (χ3n) is 2.78. The maximum absolute atomic E-state index is 11.5. The topological polar surface area (TPSA) is 75.3 Å². The van der Waals surface area contributed by atoms with Gasteiger partial charge in [0.15, 0.2) is 0 Å². The molecule has 0 heterocycles. The fraction of sp³-hybridized carbons (Fsp3) is 0.462. The van der Waals surface area contributed by atoms with E-state index in [9.17, 15) is 13.2 Å². The Morgan fingerprint density at radius 2 is 1.79 bits per heavy atom. The molecule has 0 saturated carbocycles. The molecule has 0 spiro atoms. The standard InChI is InChI=1S/C13H20N2O3S/c1-13(2,11-7-5-4-6-8-11)10-14-12(16)9-15-19(3,17)18/h4-8,15H,9-10H2,1-3H3,(H,14,16). The van der Waals surface area contributed by atoms with Crippen LogP contribution < -0.4 is 10.0 Å². The molecule has 1 rings (SSSR count). The molecule has 0 atom stereocenters. The van der Waals surface area contributed by atoms with Gasteiger partial charge < -0.3 is 5.32 Å². The molecule has 0 bridgehead atoms. The molecule has 1 aromatic carbocycles. The largest absolute Gasteiger partial charge is 0.354 e. The summed E-state index contributed by atoms with van der Waals surface area (Å²) in [5.41, 5.74) is 0.911. The van der Waals surface area contributed by atoms with Gasteiger partial charge in [0.1, 0.15) is 0 Å². The van der Waals surface area contributed by atoms with Crippen LogP contribution in [-0.2, 0) is 20.2 Å². The number of sulfonamides is 1. The maximum atomic E-state index is 11.5. The SMILES string of the molecule is CC(C)(CNC(=O)CNS(C)(=O)=O)c1ccccc1. The van der Waals surface area contributed by atoms with Crippen LogP contribution >= 0.6 is 0 Å². The smallest absolute Gasteiger partial charge is 0.235 e. The summed E-state index contributed by atoms with van der Waals surface area (Å²) < 4.78 is 23.9. The number of hydrogen-bond donors (Lipinski definition) is 2. The number of carbonyl (C=O) groups excluding carboxylic acids is 1. The molecule has 0 fully saturated rings. The Morgan fingerprint density at radius 3 is 2.32 bits per heavy atom. The highest BCUT2D eigenvalue weighted by molar-refractivity contribution is 7.88. The predicted molar refractivity (Wildman–Crippen MR) is 75.3 cm³/mol. The van der Waals surface area contributed by atoms with Crippen molar-refractivity contribution in [2.24, 2.45) is 0 Å². The highest BCUT2D eigenvalue weighted by Crippen LogP contribution is 2.21. The van der Waals surface area contributed by atoms with Crippen LogP contribution in [0.4, 0.5) is 0 Å². The van der Waals surface area contributed by atoms with Gasteiger partial charge in [0.25, 0.3) is 0 Å². The molecule has 0 aromatic heterocycles. The second-order valence-electron chi connectivity index (χ2n) is 5.12. The van der Waals surface area contributed by atoms with Crippen molar-refractivity contribution in [2.45, 2.75) is 19.3 Å². The van der Waals surface area contributed by atoms with Crippen molar-refractivity contribution in [3.05, 3.63) is 35.9 Å². The van der Waals surface area contributed by atoms with E-state index in [1.165, 1.54) is 0 Å². The molecule has 5 nitrogen and oxygen atoms in total. The number of rotatable bonds is 6. The monoisotopic (exact) mass is 284 g/mol. The van der Waals surface area contributed by atoms with Crippen LogP contribution in [0.25, 0.3) is 0 Å². The van der Waals surface area contributed by atoms with Gasteiger partial charge in [-0.05, 0) is 5.56 Å². The van der Waals surface area contributed by atoms with Gasteiger partial charge in [-0.1, -0.05) is 44.2 Å². The molecule has 19 heavy (non-hydrogen) atoms. The molecule has 106 valence electrons. The quantitative estimate of drug-likeness (QED) is 0.804. The minimum atomic E-state index is -3.34. The van der Waals surface area contributed by atoms with Crippen molar-refractivity contribution < 1.29 is 13.2 Å². The Hall–Kier alpha value is -1.40. The number of amides is 1. The van der Waals surface area contributed by atoms with E-state index in [4.69, 9.17) is 0 Å². The molecule has 2 N–H and O–H groups in total. The first-order valence-corrected chi connectivity index (χ1v) is 7.87. The zero-order chi connectivity index (χ0) is 14.5. The molecular formula is C13H20N2O3S. The van der Waals surface area contributed by atoms with E-state index in [1.54, 1.807) is 0 Å². The van der Waals surface area contributed by atoms with Crippen molar-refractivity contribution in [1.82, 2.24) is 10.0 Å². The van der Waals surface area contributed by atoms with E-state index in [2.05, 4.69) is 10.0 Å². The van der Waals surface area contributed by atoms with Gasteiger partial charge in [-0.3, -0.25) is 4.79 Å². The second kappa shape index (κ2) is 6.16. The van der Waals surface area contributed by atoms with Crippen LogP contribution in [0.5, 0.6) is 0 Å². The highest BCUT2D eigenvalue weighted by Gasteiger charge is 2.21. The van der Waals surface area contributed by atoms with Crippen LogP contribution in [0.3, 0.4) is 0 Å². The van der Waals surface area contributed by atoms with Gasteiger partial charge in [-0.25, -0.2) is 13.1 Å². The average Bonchev–Trinajstić information content (AvgIpc) is 2.34. The van der Waals surface area contributed by atoms with E-state index >= 15 is 0 Å². The molecule has 0 radical (unpaired) electrons. The summed E-state index contributed by atoms with van der Waals surface area (Å²) in [6.07, 6.45) is 1.02. The van der Waals surface area contributed by atoms with E-state index in [0.29, 0.717) is 6.54 Å². The molecule has 1 aromatic rings. The first-order valence-electron chi connectivity index (χ1n) is 5.97. The fourth-order valence-electron chi connectivity index (χ4n) is 1.57. The van der Waals surface area contributed by atoms with Crippen molar-refractivity contribution in [3.63, 3.8) is 0 Å². The number of benzene rings is 1. The Kier molecular flexibility index (Phi) is 5.08. The summed E-state index contributed by atoms with van der Waals surface area (Å²) in [5, 5.41) is 2.73. The van der Waals surface area contributed by atoms with E-state index in [0.717, 1.165) is 11.8 Å². The van der Waals surface area contributed by atoms with Crippen LogP contribution in [0, 0.1) is 0 Å². The van der Waals surface area contributed by atoms with Crippen molar-refractivity contribution >= 4 is 15.9 Å². The molecule has 0 aliphatic rings. The molecule has 0 unspecified atom stereocenters. The lowest BCUT2D eigenvalue weighted by Gasteiger charge is -2.25. The lowest BCUT2D eigenvalue weighted by Crippen LogP contribution is -2.41. The number of hydrogen-bond acceptors (Lipinski definition) is 3. The zero-order valence-corrected chi connectivity index (χ0v) is 12.3. The van der Waals surface area contributed by atoms with Crippen LogP contribution in [0.1, 0.15) is 19.4 Å². The summed E-state index contributed by atoms with van der Waals surface area (Å²) in [6.45, 7) is 4.25. The number of nitrogens with one attached hydrogen (secondary N) is 2. The average molecular weight is 284 g/mol. The molecule has 0 aliphatic heterocycles. The van der Waals surface area contributed by atoms with Crippen molar-refractivity contribution in [1.29, 1.82) is 0 Å². The fourth-order valence-corrected chi connectivity index (χ4v) is 1.96. The minimum Gasteiger partial charge on any atom is -0.354 e. The third-order valence-corrected chi connectivity index (χ3v) is 3.45. The predicted octanol–water partition coefficient (Wildman–Crippen LogP) is 0.630. The zero-order valence-electron chi connectivity index (χ0n) is 11.4. The van der Waals surface area contributed by atoms with E-state index in [-0.39, 0.29) is 17.9 Å². The lowest BCUT2D eigenvalue weighted by molar-refractivity contribution is -0.120. The van der Waals surface area contributed by atoms with Gasteiger partial charge in [0.05, 0.1) is 12.8 Å². The molecular weight excluding hydrogens is 264 g/mol. The summed E-state index contributed by atoms with van der Waals surface area (Å²) in [5.74, 6) is -0.338. The summed E-state index contributed by atoms with van der Waals surface area (Å²) in [4.78, 5) is 11.5. The van der Waals surface area contributed by atoms with Crippen molar-refractivity contribution in [2.75, 3.05) is 19.3 Å². The van der Waals surface area contributed by atoms with Gasteiger partial charge in [0.2, 0.25) is 15.9 Å². The Balaban J connectivity index is 2.50. The third kappa shape index (κ3) is 5.85. The molecule has 0 saturated heterocycles. The van der Waals surface area contributed by atoms with Crippen molar-refractivity contribution in [3.8, 4) is 0 Å². The molecule has 1 amide bonds. The Bertz CT molecular complexity index is 524. The highest BCUT2D eigenvalue weighted by atomic mass is 32.2. The van der Waals surface area contributed by atoms with Crippen LogP contribution in [0.2, 0.25) is 0 Å². The molecule has 6 heteroatoms. The van der Waals surface area contributed by atoms with E-state index < -0.39 is 10.0 Å². The van der Waals surface area contributed by atoms with Gasteiger partial charge >= 0.3 is 0 Å². The first-order chi connectivity index (χ1) is 8.71. The normalized spacial score (nSPS) is 12.2. The maximum Gasteiger partial charge on any atom is 0.235 e. The molecule has 0 aliphatic carbocycles. The summed E-state index contributed by atoms with van der Waals surface area (Å²) in [6, 6.07) is 9.84. The van der Waals surface area contributed by atoms with E-state index in [1.807, 2.05) is 44.2 Å². The summed E-state index contributed by atoms with van der Waals surface area (Å²) in [7, 11) is -3.34.